The fourth-order valence-corrected chi connectivity index (χ4v) is 3.55. The van der Waals surface area contributed by atoms with Crippen molar-refractivity contribution < 1.29 is 4.84 Å². The summed E-state index contributed by atoms with van der Waals surface area (Å²) in [5.41, 5.74) is 11.3. The lowest BCUT2D eigenvalue weighted by Crippen LogP contribution is -2.51. The van der Waals surface area contributed by atoms with E-state index < -0.39 is 0 Å². The summed E-state index contributed by atoms with van der Waals surface area (Å²) in [5.74, 6) is 0. The van der Waals surface area contributed by atoms with Crippen LogP contribution in [0, 0.1) is 5.41 Å². The molecular formula is C25H45N5O. The van der Waals surface area contributed by atoms with Crippen molar-refractivity contribution in [3.8, 4) is 0 Å². The fraction of sp³-hybridized carbons (Fsp3) is 0.600. The Morgan fingerprint density at radius 2 is 1.87 bits per heavy atom. The first-order valence-corrected chi connectivity index (χ1v) is 11.7. The number of allylic oxidation sites excluding steroid dienone is 3. The SMILES string of the molecule is C/C=C\C=C/NN(CC(C)(C)CN1CCN(c2cccc(N)c2)CC1)OCCC.CC. The van der Waals surface area contributed by atoms with E-state index in [1.165, 1.54) is 5.69 Å². The Morgan fingerprint density at radius 1 is 1.16 bits per heavy atom. The molecule has 6 heteroatoms. The van der Waals surface area contributed by atoms with Crippen LogP contribution in [0.15, 0.2) is 48.7 Å². The summed E-state index contributed by atoms with van der Waals surface area (Å²) < 4.78 is 0. The molecule has 0 aliphatic carbocycles. The van der Waals surface area contributed by atoms with Crippen LogP contribution in [0.4, 0.5) is 11.4 Å². The molecule has 1 saturated heterocycles. The molecule has 1 aliphatic heterocycles. The summed E-state index contributed by atoms with van der Waals surface area (Å²) in [4.78, 5) is 10.9. The third-order valence-electron chi connectivity index (χ3n) is 4.90. The molecule has 1 aromatic rings. The Hall–Kier alpha value is -2.02. The van der Waals surface area contributed by atoms with Crippen LogP contribution in [-0.4, -0.2) is 55.9 Å². The number of nitrogens with one attached hydrogen (secondary N) is 1. The highest BCUT2D eigenvalue weighted by atomic mass is 16.7. The van der Waals surface area contributed by atoms with E-state index in [4.69, 9.17) is 10.6 Å². The summed E-state index contributed by atoms with van der Waals surface area (Å²) in [5, 5.41) is 1.87. The third kappa shape index (κ3) is 10.7. The van der Waals surface area contributed by atoms with Gasteiger partial charge in [-0.1, -0.05) is 52.8 Å². The van der Waals surface area contributed by atoms with Gasteiger partial charge in [0, 0.05) is 50.3 Å². The van der Waals surface area contributed by atoms with E-state index in [0.29, 0.717) is 6.61 Å². The molecule has 176 valence electrons. The number of nitrogen functional groups attached to an aromatic ring is 1. The largest absolute Gasteiger partial charge is 0.399 e. The molecule has 1 aromatic carbocycles. The van der Waals surface area contributed by atoms with E-state index in [9.17, 15) is 0 Å². The molecule has 0 unspecified atom stereocenters. The van der Waals surface area contributed by atoms with Gasteiger partial charge in [-0.15, -0.1) is 5.17 Å². The number of anilines is 2. The van der Waals surface area contributed by atoms with Crippen LogP contribution in [0.3, 0.4) is 0 Å². The van der Waals surface area contributed by atoms with Crippen molar-refractivity contribution in [2.24, 2.45) is 5.41 Å². The van der Waals surface area contributed by atoms with Crippen molar-refractivity contribution in [1.82, 2.24) is 15.5 Å². The Kier molecular flexibility index (Phi) is 13.0. The Morgan fingerprint density at radius 3 is 2.48 bits per heavy atom. The van der Waals surface area contributed by atoms with Crippen molar-refractivity contribution in [2.45, 2.75) is 48.0 Å². The molecule has 0 amide bonds. The van der Waals surface area contributed by atoms with E-state index >= 15 is 0 Å². The predicted octanol–water partition coefficient (Wildman–Crippen LogP) is 4.68. The van der Waals surface area contributed by atoms with E-state index in [0.717, 1.165) is 51.4 Å². The Balaban J connectivity index is 0.00000233. The second-order valence-electron chi connectivity index (χ2n) is 8.41. The van der Waals surface area contributed by atoms with Gasteiger partial charge < -0.3 is 16.1 Å². The molecule has 0 atom stereocenters. The Labute approximate surface area is 190 Å². The molecule has 0 spiro atoms. The molecular weight excluding hydrogens is 386 g/mol. The molecule has 1 fully saturated rings. The van der Waals surface area contributed by atoms with Crippen LogP contribution in [0.2, 0.25) is 0 Å². The number of hydroxylamine groups is 1. The van der Waals surface area contributed by atoms with Crippen molar-refractivity contribution in [2.75, 3.05) is 56.5 Å². The number of nitrogens with zero attached hydrogens (tertiary/aromatic N) is 3. The summed E-state index contributed by atoms with van der Waals surface area (Å²) in [6.07, 6.45) is 8.88. The maximum Gasteiger partial charge on any atom is 0.0704 e. The van der Waals surface area contributed by atoms with Crippen molar-refractivity contribution >= 4 is 11.4 Å². The van der Waals surface area contributed by atoms with Gasteiger partial charge in [0.15, 0.2) is 0 Å². The number of piperazine rings is 1. The zero-order valence-electron chi connectivity index (χ0n) is 20.6. The minimum atomic E-state index is 0.0918. The van der Waals surface area contributed by atoms with Crippen molar-refractivity contribution in [3.05, 3.63) is 48.7 Å². The van der Waals surface area contributed by atoms with E-state index in [1.54, 1.807) is 0 Å². The number of rotatable bonds is 11. The Bertz CT molecular complexity index is 651. The first-order chi connectivity index (χ1) is 14.9. The smallest absolute Gasteiger partial charge is 0.0704 e. The van der Waals surface area contributed by atoms with Gasteiger partial charge in [-0.3, -0.25) is 9.74 Å². The maximum absolute atomic E-state index is 5.94. The van der Waals surface area contributed by atoms with Gasteiger partial charge in [0.25, 0.3) is 0 Å². The molecule has 0 radical (unpaired) electrons. The van der Waals surface area contributed by atoms with Crippen molar-refractivity contribution in [3.63, 3.8) is 0 Å². The van der Waals surface area contributed by atoms with Crippen molar-refractivity contribution in [1.29, 1.82) is 0 Å². The van der Waals surface area contributed by atoms with Crippen LogP contribution in [0.1, 0.15) is 48.0 Å². The lowest BCUT2D eigenvalue weighted by molar-refractivity contribution is -0.201. The molecule has 2 rings (SSSR count). The quantitative estimate of drug-likeness (QED) is 0.301. The maximum atomic E-state index is 5.94. The topological polar surface area (TPSA) is 57.0 Å². The van der Waals surface area contributed by atoms with Crippen LogP contribution in [0.25, 0.3) is 0 Å². The minimum absolute atomic E-state index is 0.0918. The third-order valence-corrected chi connectivity index (χ3v) is 4.90. The lowest BCUT2D eigenvalue weighted by atomic mass is 9.92. The summed E-state index contributed by atoms with van der Waals surface area (Å²) >= 11 is 0. The monoisotopic (exact) mass is 431 g/mol. The van der Waals surface area contributed by atoms with Gasteiger partial charge in [0.2, 0.25) is 0 Å². The number of hydrogen-bond acceptors (Lipinski definition) is 6. The first kappa shape index (κ1) is 27.0. The summed E-state index contributed by atoms with van der Waals surface area (Å²) in [6.45, 7) is 19.5. The zero-order valence-corrected chi connectivity index (χ0v) is 20.6. The summed E-state index contributed by atoms with van der Waals surface area (Å²) in [6, 6.07) is 8.18. The average Bonchev–Trinajstić information content (AvgIpc) is 2.76. The number of nitrogens with two attached hydrogens (primary N) is 1. The van der Waals surface area contributed by atoms with Gasteiger partial charge in [-0.05, 0) is 43.0 Å². The van der Waals surface area contributed by atoms with Gasteiger partial charge in [-0.25, -0.2) is 0 Å². The van der Waals surface area contributed by atoms with Crippen LogP contribution >= 0.6 is 0 Å². The fourth-order valence-electron chi connectivity index (χ4n) is 3.55. The first-order valence-electron chi connectivity index (χ1n) is 11.7. The molecule has 0 aromatic heterocycles. The van der Waals surface area contributed by atoms with Crippen LogP contribution < -0.4 is 16.1 Å². The average molecular weight is 432 g/mol. The van der Waals surface area contributed by atoms with E-state index in [1.807, 2.05) is 62.5 Å². The van der Waals surface area contributed by atoms with Gasteiger partial charge in [0.1, 0.15) is 0 Å². The van der Waals surface area contributed by atoms with Gasteiger partial charge in [0.05, 0.1) is 13.2 Å². The molecule has 1 aliphatic rings. The second kappa shape index (κ2) is 14.9. The minimum Gasteiger partial charge on any atom is -0.399 e. The van der Waals surface area contributed by atoms with Crippen LogP contribution in [0.5, 0.6) is 0 Å². The molecule has 3 N–H and O–H groups in total. The number of hydrazine groups is 1. The van der Waals surface area contributed by atoms with E-state index in [-0.39, 0.29) is 5.41 Å². The standard InChI is InChI=1S/C23H39N5O.C2H6/c1-5-7-8-12-25-28(29-17-6-2)20-23(3,4)19-26-13-15-27(16-14-26)22-11-9-10-21(24)18-22;1-2/h5,7-12,18,25H,6,13-17,19-20,24H2,1-4H3;1-2H3/b7-5-,12-8-;. The predicted molar refractivity (Wildman–Crippen MR) is 135 cm³/mol. The highest BCUT2D eigenvalue weighted by Crippen LogP contribution is 2.22. The number of benzene rings is 1. The zero-order chi connectivity index (χ0) is 23.1. The number of hydrogen-bond donors (Lipinski definition) is 2. The molecule has 31 heavy (non-hydrogen) atoms. The van der Waals surface area contributed by atoms with E-state index in [2.05, 4.69) is 48.1 Å². The van der Waals surface area contributed by atoms with Crippen LogP contribution in [-0.2, 0) is 4.84 Å². The molecule has 6 nitrogen and oxygen atoms in total. The normalized spacial score (nSPS) is 15.5. The molecule has 0 bridgehead atoms. The molecule has 0 saturated carbocycles. The highest BCUT2D eigenvalue weighted by molar-refractivity contribution is 5.56. The second-order valence-corrected chi connectivity index (χ2v) is 8.41. The molecule has 1 heterocycles. The van der Waals surface area contributed by atoms with Gasteiger partial charge in [-0.2, -0.15) is 0 Å². The summed E-state index contributed by atoms with van der Waals surface area (Å²) in [7, 11) is 0. The highest BCUT2D eigenvalue weighted by Gasteiger charge is 2.27. The lowest BCUT2D eigenvalue weighted by Gasteiger charge is -2.41. The van der Waals surface area contributed by atoms with Gasteiger partial charge >= 0.3 is 0 Å².